The second-order valence-electron chi connectivity index (χ2n) is 8.27. The third-order valence-electron chi connectivity index (χ3n) is 4.90. The predicted octanol–water partition coefficient (Wildman–Crippen LogP) is 4.23. The van der Waals surface area contributed by atoms with Crippen molar-refractivity contribution in [3.8, 4) is 5.75 Å². The fraction of sp³-hybridized carbons (Fsp3) is 0.318. The van der Waals surface area contributed by atoms with E-state index in [-0.39, 0.29) is 23.9 Å². The zero-order chi connectivity index (χ0) is 23.1. The van der Waals surface area contributed by atoms with Crippen LogP contribution < -0.4 is 10.1 Å². The van der Waals surface area contributed by atoms with Gasteiger partial charge in [-0.25, -0.2) is 23.4 Å². The van der Waals surface area contributed by atoms with Crippen molar-refractivity contribution in [2.75, 3.05) is 18.5 Å². The molecular weight excluding hydrogens is 448 g/mol. The normalized spacial score (nSPS) is 12.4. The van der Waals surface area contributed by atoms with E-state index < -0.39 is 14.6 Å². The topological polar surface area (TPSA) is 114 Å². The Kier molecular flexibility index (Phi) is 5.78. The van der Waals surface area contributed by atoms with Crippen LogP contribution in [0.1, 0.15) is 25.8 Å². The van der Waals surface area contributed by atoms with E-state index in [0.717, 1.165) is 20.9 Å². The van der Waals surface area contributed by atoms with Gasteiger partial charge in [0.25, 0.3) is 0 Å². The van der Waals surface area contributed by atoms with Crippen molar-refractivity contribution in [3.05, 3.63) is 41.7 Å². The molecule has 0 aliphatic carbocycles. The summed E-state index contributed by atoms with van der Waals surface area (Å²) in [4.78, 5) is 13.2. The smallest absolute Gasteiger partial charge is 0.186 e. The van der Waals surface area contributed by atoms with E-state index >= 15 is 0 Å². The highest BCUT2D eigenvalue weighted by Crippen LogP contribution is 2.37. The SMILES string of the molecule is Cc1nc2cc(Nc3ncnc4cc(OCCO)c(S(=O)(=O)C(C)(C)C)cc34)ccc2s1. The Morgan fingerprint density at radius 2 is 1.91 bits per heavy atom. The first-order chi connectivity index (χ1) is 15.1. The number of ether oxygens (including phenoxy) is 1. The number of nitrogens with one attached hydrogen (secondary N) is 1. The zero-order valence-corrected chi connectivity index (χ0v) is 19.8. The molecule has 2 aromatic heterocycles. The number of aliphatic hydroxyl groups is 1. The molecule has 0 atom stereocenters. The monoisotopic (exact) mass is 472 g/mol. The fourth-order valence-corrected chi connectivity index (χ4v) is 5.35. The zero-order valence-electron chi connectivity index (χ0n) is 18.2. The number of aromatic nitrogens is 3. The molecule has 2 heterocycles. The van der Waals surface area contributed by atoms with Crippen LogP contribution in [0, 0.1) is 6.92 Å². The van der Waals surface area contributed by atoms with Crippen LogP contribution in [0.25, 0.3) is 21.1 Å². The molecule has 0 bridgehead atoms. The molecule has 0 radical (unpaired) electrons. The Bertz CT molecular complexity index is 1410. The standard InChI is InChI=1S/C22H24N4O4S2/c1-13-25-17-9-14(5-6-19(17)31-13)26-21-15-10-20(32(28,29)22(2,3)4)18(30-8-7-27)11-16(15)23-12-24-21/h5-6,9-12,27H,7-8H2,1-4H3,(H,23,24,26). The van der Waals surface area contributed by atoms with Crippen LogP contribution in [0.3, 0.4) is 0 Å². The average Bonchev–Trinajstić information content (AvgIpc) is 3.10. The summed E-state index contributed by atoms with van der Waals surface area (Å²) < 4.78 is 32.2. The van der Waals surface area contributed by atoms with Gasteiger partial charge in [0.1, 0.15) is 29.4 Å². The number of aryl methyl sites for hydroxylation is 1. The van der Waals surface area contributed by atoms with E-state index in [1.165, 1.54) is 12.4 Å². The van der Waals surface area contributed by atoms with Gasteiger partial charge < -0.3 is 15.2 Å². The number of aliphatic hydroxyl groups excluding tert-OH is 1. The fourth-order valence-electron chi connectivity index (χ4n) is 3.23. The van der Waals surface area contributed by atoms with Gasteiger partial charge in [0.2, 0.25) is 0 Å². The molecule has 2 aromatic carbocycles. The average molecular weight is 473 g/mol. The summed E-state index contributed by atoms with van der Waals surface area (Å²) in [6.07, 6.45) is 1.41. The van der Waals surface area contributed by atoms with E-state index in [9.17, 15) is 8.42 Å². The van der Waals surface area contributed by atoms with E-state index in [0.29, 0.717) is 16.7 Å². The Balaban J connectivity index is 1.85. The summed E-state index contributed by atoms with van der Waals surface area (Å²) in [6.45, 7) is 6.60. The molecule has 2 N–H and O–H groups in total. The first kappa shape index (κ1) is 22.4. The summed E-state index contributed by atoms with van der Waals surface area (Å²) >= 11 is 1.62. The van der Waals surface area contributed by atoms with Crippen LogP contribution in [-0.4, -0.2) is 46.4 Å². The lowest BCUT2D eigenvalue weighted by atomic mass is 10.2. The van der Waals surface area contributed by atoms with Gasteiger partial charge in [-0.15, -0.1) is 11.3 Å². The van der Waals surface area contributed by atoms with E-state index in [2.05, 4.69) is 20.3 Å². The molecule has 8 nitrogen and oxygen atoms in total. The van der Waals surface area contributed by atoms with Crippen molar-refractivity contribution in [2.45, 2.75) is 37.3 Å². The van der Waals surface area contributed by atoms with Crippen LogP contribution in [-0.2, 0) is 9.84 Å². The number of hydrogen-bond donors (Lipinski definition) is 2. The van der Waals surface area contributed by atoms with Crippen LogP contribution in [0.15, 0.2) is 41.6 Å². The summed E-state index contributed by atoms with van der Waals surface area (Å²) in [6, 6.07) is 8.96. The number of rotatable bonds is 6. The van der Waals surface area contributed by atoms with Gasteiger partial charge in [-0.05, 0) is 52.0 Å². The third kappa shape index (κ3) is 4.13. The van der Waals surface area contributed by atoms with Crippen molar-refractivity contribution in [1.29, 1.82) is 0 Å². The van der Waals surface area contributed by atoms with Gasteiger partial charge in [0.05, 0.1) is 32.1 Å². The lowest BCUT2D eigenvalue weighted by Gasteiger charge is -2.22. The van der Waals surface area contributed by atoms with Gasteiger partial charge in [-0.2, -0.15) is 0 Å². The summed E-state index contributed by atoms with van der Waals surface area (Å²) in [5.74, 6) is 0.630. The van der Waals surface area contributed by atoms with Crippen molar-refractivity contribution in [3.63, 3.8) is 0 Å². The highest BCUT2D eigenvalue weighted by atomic mass is 32.2. The van der Waals surface area contributed by atoms with E-state index in [1.54, 1.807) is 38.2 Å². The maximum atomic E-state index is 13.3. The Hall–Kier alpha value is -2.82. The Morgan fingerprint density at radius 3 is 2.62 bits per heavy atom. The first-order valence-electron chi connectivity index (χ1n) is 10.0. The highest BCUT2D eigenvalue weighted by Gasteiger charge is 2.34. The molecule has 0 spiro atoms. The number of hydrogen-bond acceptors (Lipinski definition) is 9. The summed E-state index contributed by atoms with van der Waals surface area (Å²) in [7, 11) is -3.74. The van der Waals surface area contributed by atoms with Crippen LogP contribution >= 0.6 is 11.3 Å². The molecular formula is C22H24N4O4S2. The number of anilines is 2. The summed E-state index contributed by atoms with van der Waals surface area (Å²) in [5.41, 5.74) is 2.18. The molecule has 0 aliphatic heterocycles. The molecule has 0 unspecified atom stereocenters. The Labute approximate surface area is 190 Å². The van der Waals surface area contributed by atoms with Crippen molar-refractivity contribution < 1.29 is 18.3 Å². The lowest BCUT2D eigenvalue weighted by Crippen LogP contribution is -2.28. The van der Waals surface area contributed by atoms with Gasteiger partial charge in [-0.3, -0.25) is 0 Å². The highest BCUT2D eigenvalue weighted by molar-refractivity contribution is 7.92. The third-order valence-corrected chi connectivity index (χ3v) is 8.36. The van der Waals surface area contributed by atoms with Crippen molar-refractivity contribution >= 4 is 53.8 Å². The van der Waals surface area contributed by atoms with Gasteiger partial charge >= 0.3 is 0 Å². The van der Waals surface area contributed by atoms with Crippen LogP contribution in [0.2, 0.25) is 0 Å². The minimum absolute atomic E-state index is 0.0264. The van der Waals surface area contributed by atoms with Gasteiger partial charge in [0, 0.05) is 17.1 Å². The maximum absolute atomic E-state index is 13.3. The summed E-state index contributed by atoms with van der Waals surface area (Å²) in [5, 5.41) is 14.0. The number of fused-ring (bicyclic) bond motifs is 2. The second kappa shape index (κ2) is 8.27. The predicted molar refractivity (Wildman–Crippen MR) is 127 cm³/mol. The second-order valence-corrected chi connectivity index (χ2v) is 12.2. The van der Waals surface area contributed by atoms with Gasteiger partial charge in [-0.1, -0.05) is 0 Å². The molecule has 0 fully saturated rings. The molecule has 4 rings (SSSR count). The van der Waals surface area contributed by atoms with Crippen LogP contribution in [0.5, 0.6) is 5.75 Å². The number of sulfone groups is 1. The minimum Gasteiger partial charge on any atom is -0.490 e. The van der Waals surface area contributed by atoms with Crippen molar-refractivity contribution in [1.82, 2.24) is 15.0 Å². The van der Waals surface area contributed by atoms with Gasteiger partial charge in [0.15, 0.2) is 9.84 Å². The van der Waals surface area contributed by atoms with E-state index in [1.807, 2.05) is 25.1 Å². The molecule has 168 valence electrons. The molecule has 0 amide bonds. The quantitative estimate of drug-likeness (QED) is 0.428. The molecule has 10 heteroatoms. The molecule has 4 aromatic rings. The van der Waals surface area contributed by atoms with Crippen molar-refractivity contribution in [2.24, 2.45) is 0 Å². The Morgan fingerprint density at radius 1 is 1.12 bits per heavy atom. The largest absolute Gasteiger partial charge is 0.490 e. The molecule has 0 saturated carbocycles. The van der Waals surface area contributed by atoms with E-state index in [4.69, 9.17) is 9.84 Å². The molecule has 0 aliphatic rings. The minimum atomic E-state index is -3.74. The molecule has 0 saturated heterocycles. The van der Waals surface area contributed by atoms with Crippen LogP contribution in [0.4, 0.5) is 11.5 Å². The molecule has 32 heavy (non-hydrogen) atoms. The number of thiazole rings is 1. The lowest BCUT2D eigenvalue weighted by molar-refractivity contribution is 0.198. The maximum Gasteiger partial charge on any atom is 0.186 e. The number of benzene rings is 2. The number of nitrogens with zero attached hydrogens (tertiary/aromatic N) is 3. The first-order valence-corrected chi connectivity index (χ1v) is 12.3.